The lowest BCUT2D eigenvalue weighted by Gasteiger charge is -2.32. The van der Waals surface area contributed by atoms with Gasteiger partial charge in [-0.1, -0.05) is 19.1 Å². The molecule has 1 fully saturated rings. The van der Waals surface area contributed by atoms with E-state index in [-0.39, 0.29) is 17.2 Å². The molecule has 0 radical (unpaired) electrons. The van der Waals surface area contributed by atoms with Crippen molar-refractivity contribution in [3.8, 4) is 0 Å². The predicted molar refractivity (Wildman–Crippen MR) is 78.7 cm³/mol. The normalized spacial score (nSPS) is 17.3. The molecule has 1 aromatic carbocycles. The molecule has 2 rings (SSSR count). The first-order chi connectivity index (χ1) is 9.57. The SMILES string of the molecule is CNC(=O)c1ccccc1NC(=O)C1(C)CCNCC1. The van der Waals surface area contributed by atoms with Crippen LogP contribution in [-0.2, 0) is 4.79 Å². The molecule has 0 unspecified atom stereocenters. The first-order valence-corrected chi connectivity index (χ1v) is 6.90. The molecule has 108 valence electrons. The highest BCUT2D eigenvalue weighted by atomic mass is 16.2. The molecule has 0 spiro atoms. The number of carbonyl (C=O) groups is 2. The van der Waals surface area contributed by atoms with E-state index in [4.69, 9.17) is 0 Å². The number of rotatable bonds is 3. The van der Waals surface area contributed by atoms with Crippen LogP contribution in [0.25, 0.3) is 0 Å². The Labute approximate surface area is 119 Å². The Morgan fingerprint density at radius 3 is 2.50 bits per heavy atom. The predicted octanol–water partition coefficient (Wildman–Crippen LogP) is 1.37. The van der Waals surface area contributed by atoms with Gasteiger partial charge in [-0.05, 0) is 38.1 Å². The van der Waals surface area contributed by atoms with E-state index >= 15 is 0 Å². The second kappa shape index (κ2) is 6.05. The Kier molecular flexibility index (Phi) is 4.39. The molecule has 1 aromatic rings. The summed E-state index contributed by atoms with van der Waals surface area (Å²) in [6, 6.07) is 7.06. The van der Waals surface area contributed by atoms with E-state index in [1.807, 2.05) is 13.0 Å². The molecule has 5 nitrogen and oxygen atoms in total. The van der Waals surface area contributed by atoms with Gasteiger partial charge in [-0.25, -0.2) is 0 Å². The van der Waals surface area contributed by atoms with E-state index in [1.165, 1.54) is 0 Å². The molecule has 0 atom stereocenters. The summed E-state index contributed by atoms with van der Waals surface area (Å²) in [6.07, 6.45) is 1.61. The number of hydrogen-bond donors (Lipinski definition) is 3. The van der Waals surface area contributed by atoms with E-state index in [9.17, 15) is 9.59 Å². The van der Waals surface area contributed by atoms with E-state index in [0.717, 1.165) is 25.9 Å². The third kappa shape index (κ3) is 2.99. The summed E-state index contributed by atoms with van der Waals surface area (Å²) < 4.78 is 0. The van der Waals surface area contributed by atoms with E-state index in [1.54, 1.807) is 25.2 Å². The van der Waals surface area contributed by atoms with Crippen molar-refractivity contribution in [1.29, 1.82) is 0 Å². The van der Waals surface area contributed by atoms with Gasteiger partial charge < -0.3 is 16.0 Å². The summed E-state index contributed by atoms with van der Waals surface area (Å²) in [5, 5.41) is 8.75. The number of hydrogen-bond acceptors (Lipinski definition) is 3. The average molecular weight is 275 g/mol. The number of carbonyl (C=O) groups excluding carboxylic acids is 2. The Hall–Kier alpha value is -1.88. The lowest BCUT2D eigenvalue weighted by molar-refractivity contribution is -0.126. The van der Waals surface area contributed by atoms with Crippen molar-refractivity contribution in [1.82, 2.24) is 10.6 Å². The van der Waals surface area contributed by atoms with Gasteiger partial charge in [0.15, 0.2) is 0 Å². The van der Waals surface area contributed by atoms with Crippen molar-refractivity contribution in [3.63, 3.8) is 0 Å². The molecule has 0 aromatic heterocycles. The molecule has 1 saturated heterocycles. The minimum absolute atomic E-state index is 0.0182. The van der Waals surface area contributed by atoms with Crippen LogP contribution in [0.5, 0.6) is 0 Å². The Balaban J connectivity index is 2.17. The summed E-state index contributed by atoms with van der Waals surface area (Å²) in [7, 11) is 1.58. The van der Waals surface area contributed by atoms with E-state index in [0.29, 0.717) is 11.3 Å². The first-order valence-electron chi connectivity index (χ1n) is 6.90. The van der Waals surface area contributed by atoms with Crippen LogP contribution < -0.4 is 16.0 Å². The van der Waals surface area contributed by atoms with Gasteiger partial charge in [-0.2, -0.15) is 0 Å². The largest absolute Gasteiger partial charge is 0.355 e. The maximum absolute atomic E-state index is 12.5. The summed E-state index contributed by atoms with van der Waals surface area (Å²) in [6.45, 7) is 3.67. The summed E-state index contributed by atoms with van der Waals surface area (Å²) >= 11 is 0. The topological polar surface area (TPSA) is 70.2 Å². The molecular weight excluding hydrogens is 254 g/mol. The average Bonchev–Trinajstić information content (AvgIpc) is 2.47. The minimum atomic E-state index is -0.374. The minimum Gasteiger partial charge on any atom is -0.355 e. The third-order valence-corrected chi connectivity index (χ3v) is 3.90. The van der Waals surface area contributed by atoms with Gasteiger partial charge >= 0.3 is 0 Å². The monoisotopic (exact) mass is 275 g/mol. The van der Waals surface area contributed by atoms with Crippen molar-refractivity contribution < 1.29 is 9.59 Å². The highest BCUT2D eigenvalue weighted by Gasteiger charge is 2.34. The summed E-state index contributed by atoms with van der Waals surface area (Å²) in [4.78, 5) is 24.3. The fourth-order valence-corrected chi connectivity index (χ4v) is 2.40. The standard InChI is InChI=1S/C15H21N3O2/c1-15(7-9-17-10-8-15)14(20)18-12-6-4-3-5-11(12)13(19)16-2/h3-6,17H,7-10H2,1-2H3,(H,16,19)(H,18,20). The highest BCUT2D eigenvalue weighted by molar-refractivity contribution is 6.04. The molecule has 3 N–H and O–H groups in total. The van der Waals surface area contributed by atoms with Gasteiger partial charge in [-0.15, -0.1) is 0 Å². The third-order valence-electron chi connectivity index (χ3n) is 3.90. The second-order valence-corrected chi connectivity index (χ2v) is 5.39. The molecule has 5 heteroatoms. The lowest BCUT2D eigenvalue weighted by Crippen LogP contribution is -2.43. The molecule has 1 aliphatic heterocycles. The molecule has 20 heavy (non-hydrogen) atoms. The molecule has 0 aliphatic carbocycles. The molecule has 2 amide bonds. The quantitative estimate of drug-likeness (QED) is 0.780. The Morgan fingerprint density at radius 2 is 1.85 bits per heavy atom. The van der Waals surface area contributed by atoms with E-state index in [2.05, 4.69) is 16.0 Å². The van der Waals surface area contributed by atoms with Crippen molar-refractivity contribution in [2.75, 3.05) is 25.5 Å². The van der Waals surface area contributed by atoms with Gasteiger partial charge in [0.1, 0.15) is 0 Å². The van der Waals surface area contributed by atoms with Crippen LogP contribution in [-0.4, -0.2) is 32.0 Å². The molecule has 1 heterocycles. The first kappa shape index (κ1) is 14.5. The zero-order valence-electron chi connectivity index (χ0n) is 12.0. The second-order valence-electron chi connectivity index (χ2n) is 5.39. The van der Waals surface area contributed by atoms with E-state index < -0.39 is 0 Å². The number of para-hydroxylation sites is 1. The molecular formula is C15H21N3O2. The van der Waals surface area contributed by atoms with Gasteiger partial charge in [0.25, 0.3) is 5.91 Å². The number of amides is 2. The van der Waals surface area contributed by atoms with Crippen molar-refractivity contribution in [3.05, 3.63) is 29.8 Å². The maximum Gasteiger partial charge on any atom is 0.253 e. The molecule has 0 bridgehead atoms. The summed E-state index contributed by atoms with van der Waals surface area (Å²) in [5.41, 5.74) is 0.679. The van der Waals surface area contributed by atoms with Crippen LogP contribution in [0.2, 0.25) is 0 Å². The number of piperidine rings is 1. The van der Waals surface area contributed by atoms with Crippen molar-refractivity contribution in [2.45, 2.75) is 19.8 Å². The van der Waals surface area contributed by atoms with Crippen molar-refractivity contribution >= 4 is 17.5 Å². The van der Waals surface area contributed by atoms with Crippen LogP contribution >= 0.6 is 0 Å². The van der Waals surface area contributed by atoms with Crippen LogP contribution in [0.1, 0.15) is 30.1 Å². The Bertz CT molecular complexity index is 508. The number of nitrogens with one attached hydrogen (secondary N) is 3. The van der Waals surface area contributed by atoms with Gasteiger partial charge in [0, 0.05) is 12.5 Å². The van der Waals surface area contributed by atoms with Gasteiger partial charge in [0.2, 0.25) is 5.91 Å². The highest BCUT2D eigenvalue weighted by Crippen LogP contribution is 2.30. The maximum atomic E-state index is 12.5. The van der Waals surface area contributed by atoms with Crippen LogP contribution in [0.15, 0.2) is 24.3 Å². The fourth-order valence-electron chi connectivity index (χ4n) is 2.40. The van der Waals surface area contributed by atoms with Crippen molar-refractivity contribution in [2.24, 2.45) is 5.41 Å². The Morgan fingerprint density at radius 1 is 1.20 bits per heavy atom. The lowest BCUT2D eigenvalue weighted by atomic mass is 9.80. The smallest absolute Gasteiger partial charge is 0.253 e. The van der Waals surface area contributed by atoms with Gasteiger partial charge in [0.05, 0.1) is 11.3 Å². The number of anilines is 1. The zero-order valence-corrected chi connectivity index (χ0v) is 12.0. The van der Waals surface area contributed by atoms with Crippen LogP contribution in [0, 0.1) is 5.41 Å². The summed E-state index contributed by atoms with van der Waals surface area (Å²) in [5.74, 6) is -0.216. The number of benzene rings is 1. The van der Waals surface area contributed by atoms with Crippen LogP contribution in [0.4, 0.5) is 5.69 Å². The fraction of sp³-hybridized carbons (Fsp3) is 0.467. The van der Waals surface area contributed by atoms with Gasteiger partial charge in [-0.3, -0.25) is 9.59 Å². The molecule has 1 aliphatic rings. The zero-order chi connectivity index (χ0) is 14.6. The van der Waals surface area contributed by atoms with Crippen LogP contribution in [0.3, 0.4) is 0 Å². The molecule has 0 saturated carbocycles.